The molecule has 0 unspecified atom stereocenters. The molecule has 1 N–H and O–H groups in total. The molecule has 0 saturated carbocycles. The fourth-order valence-electron chi connectivity index (χ4n) is 1.61. The van der Waals surface area contributed by atoms with Gasteiger partial charge in [0.25, 0.3) is 0 Å². The molecule has 16 heavy (non-hydrogen) atoms. The van der Waals surface area contributed by atoms with Crippen molar-refractivity contribution in [2.75, 3.05) is 0 Å². The lowest BCUT2D eigenvalue weighted by Gasteiger charge is -2.11. The third-order valence-electron chi connectivity index (χ3n) is 2.55. The van der Waals surface area contributed by atoms with Gasteiger partial charge in [0, 0.05) is 18.8 Å². The minimum Gasteiger partial charge on any atom is -0.388 e. The van der Waals surface area contributed by atoms with Gasteiger partial charge in [0.2, 0.25) is 0 Å². The second-order valence-electron chi connectivity index (χ2n) is 3.72. The smallest absolute Gasteiger partial charge is 0.0846 e. The summed E-state index contributed by atoms with van der Waals surface area (Å²) in [7, 11) is 0. The number of hydrogen-bond acceptors (Lipinski definition) is 3. The molecule has 0 radical (unpaired) electrons. The fraction of sp³-hybridized carbons (Fsp3) is 0.231. The second kappa shape index (κ2) is 4.86. The molecule has 0 saturated heterocycles. The van der Waals surface area contributed by atoms with E-state index in [9.17, 15) is 5.11 Å². The Balaban J connectivity index is 2.14. The van der Waals surface area contributed by atoms with Gasteiger partial charge in [0.05, 0.1) is 17.5 Å². The van der Waals surface area contributed by atoms with Crippen LogP contribution in [0.2, 0.25) is 0 Å². The number of aromatic nitrogens is 2. The molecule has 0 aliphatic heterocycles. The van der Waals surface area contributed by atoms with Crippen LogP contribution in [0.25, 0.3) is 0 Å². The Kier molecular flexibility index (Phi) is 3.27. The fourth-order valence-corrected chi connectivity index (χ4v) is 1.61. The lowest BCUT2D eigenvalue weighted by molar-refractivity contribution is 0.177. The Morgan fingerprint density at radius 3 is 2.50 bits per heavy atom. The van der Waals surface area contributed by atoms with Gasteiger partial charge in [0.1, 0.15) is 0 Å². The molecule has 3 heteroatoms. The maximum absolute atomic E-state index is 10.0. The van der Waals surface area contributed by atoms with Crippen molar-refractivity contribution in [1.29, 1.82) is 0 Å². The SMILES string of the molecule is Cc1nccnc1C[C@@H](O)c1ccccc1. The highest BCUT2D eigenvalue weighted by Crippen LogP contribution is 2.17. The van der Waals surface area contributed by atoms with Gasteiger partial charge in [-0.25, -0.2) is 0 Å². The van der Waals surface area contributed by atoms with E-state index in [1.807, 2.05) is 37.3 Å². The average Bonchev–Trinajstić information content (AvgIpc) is 2.33. The summed E-state index contributed by atoms with van der Waals surface area (Å²) >= 11 is 0. The lowest BCUT2D eigenvalue weighted by Crippen LogP contribution is -2.05. The summed E-state index contributed by atoms with van der Waals surface area (Å²) in [5, 5.41) is 10.0. The molecule has 3 nitrogen and oxygen atoms in total. The summed E-state index contributed by atoms with van der Waals surface area (Å²) in [4.78, 5) is 8.37. The Labute approximate surface area is 94.8 Å². The molecule has 0 aliphatic rings. The molecule has 2 aromatic rings. The summed E-state index contributed by atoms with van der Waals surface area (Å²) < 4.78 is 0. The summed E-state index contributed by atoms with van der Waals surface area (Å²) in [6.45, 7) is 1.90. The molecular weight excluding hydrogens is 200 g/mol. The van der Waals surface area contributed by atoms with Gasteiger partial charge in [-0.1, -0.05) is 30.3 Å². The molecule has 82 valence electrons. The normalized spacial score (nSPS) is 12.4. The predicted octanol–water partition coefficient (Wildman–Crippen LogP) is 2.06. The zero-order chi connectivity index (χ0) is 11.4. The highest BCUT2D eigenvalue weighted by molar-refractivity contribution is 5.20. The quantitative estimate of drug-likeness (QED) is 0.850. The standard InChI is InChI=1S/C13H14N2O/c1-10-12(15-8-7-14-10)9-13(16)11-5-3-2-4-6-11/h2-8,13,16H,9H2,1H3/t13-/m1/s1. The third kappa shape index (κ3) is 2.44. The van der Waals surface area contributed by atoms with Crippen LogP contribution in [0.3, 0.4) is 0 Å². The van der Waals surface area contributed by atoms with E-state index in [2.05, 4.69) is 9.97 Å². The Morgan fingerprint density at radius 1 is 1.12 bits per heavy atom. The number of aliphatic hydroxyl groups excluding tert-OH is 1. The largest absolute Gasteiger partial charge is 0.388 e. The van der Waals surface area contributed by atoms with Crippen molar-refractivity contribution in [2.45, 2.75) is 19.4 Å². The maximum Gasteiger partial charge on any atom is 0.0846 e. The van der Waals surface area contributed by atoms with E-state index in [1.165, 1.54) is 0 Å². The number of benzene rings is 1. The van der Waals surface area contributed by atoms with Crippen LogP contribution in [-0.2, 0) is 6.42 Å². The molecule has 2 rings (SSSR count). The number of nitrogens with zero attached hydrogens (tertiary/aromatic N) is 2. The molecule has 1 atom stereocenters. The van der Waals surface area contributed by atoms with Crippen molar-refractivity contribution in [3.8, 4) is 0 Å². The number of aryl methyl sites for hydroxylation is 1. The number of rotatable bonds is 3. The average molecular weight is 214 g/mol. The van der Waals surface area contributed by atoms with Crippen molar-refractivity contribution in [3.05, 3.63) is 59.7 Å². The molecule has 1 aromatic heterocycles. The Hall–Kier alpha value is -1.74. The van der Waals surface area contributed by atoms with Gasteiger partial charge in [0.15, 0.2) is 0 Å². The summed E-state index contributed by atoms with van der Waals surface area (Å²) in [5.74, 6) is 0. The first-order valence-electron chi connectivity index (χ1n) is 5.27. The molecule has 0 aliphatic carbocycles. The predicted molar refractivity (Wildman–Crippen MR) is 61.9 cm³/mol. The molecule has 1 aromatic carbocycles. The van der Waals surface area contributed by atoms with Gasteiger partial charge in [-0.05, 0) is 12.5 Å². The second-order valence-corrected chi connectivity index (χ2v) is 3.72. The Bertz CT molecular complexity index is 456. The zero-order valence-electron chi connectivity index (χ0n) is 9.17. The highest BCUT2D eigenvalue weighted by Gasteiger charge is 2.10. The highest BCUT2D eigenvalue weighted by atomic mass is 16.3. The van der Waals surface area contributed by atoms with E-state index >= 15 is 0 Å². The minimum absolute atomic E-state index is 0.504. The van der Waals surface area contributed by atoms with Gasteiger partial charge in [-0.15, -0.1) is 0 Å². The van der Waals surface area contributed by atoms with Crippen molar-refractivity contribution in [1.82, 2.24) is 9.97 Å². The van der Waals surface area contributed by atoms with Crippen LogP contribution in [0, 0.1) is 6.92 Å². The minimum atomic E-state index is -0.517. The van der Waals surface area contributed by atoms with Crippen LogP contribution >= 0.6 is 0 Å². The maximum atomic E-state index is 10.0. The summed E-state index contributed by atoms with van der Waals surface area (Å²) in [5.41, 5.74) is 2.63. The van der Waals surface area contributed by atoms with E-state index in [0.29, 0.717) is 6.42 Å². The first-order valence-corrected chi connectivity index (χ1v) is 5.27. The molecule has 0 spiro atoms. The summed E-state index contributed by atoms with van der Waals surface area (Å²) in [6, 6.07) is 9.60. The monoisotopic (exact) mass is 214 g/mol. The van der Waals surface area contributed by atoms with Crippen molar-refractivity contribution < 1.29 is 5.11 Å². The van der Waals surface area contributed by atoms with E-state index in [4.69, 9.17) is 0 Å². The number of hydrogen-bond donors (Lipinski definition) is 1. The zero-order valence-corrected chi connectivity index (χ0v) is 9.17. The van der Waals surface area contributed by atoms with Gasteiger partial charge < -0.3 is 5.11 Å². The third-order valence-corrected chi connectivity index (χ3v) is 2.55. The van der Waals surface area contributed by atoms with Crippen molar-refractivity contribution in [3.63, 3.8) is 0 Å². The van der Waals surface area contributed by atoms with Crippen molar-refractivity contribution >= 4 is 0 Å². The van der Waals surface area contributed by atoms with Crippen molar-refractivity contribution in [2.24, 2.45) is 0 Å². The van der Waals surface area contributed by atoms with E-state index in [1.54, 1.807) is 12.4 Å². The van der Waals surface area contributed by atoms with Crippen LogP contribution in [-0.4, -0.2) is 15.1 Å². The molecule has 0 bridgehead atoms. The van der Waals surface area contributed by atoms with Crippen LogP contribution in [0.4, 0.5) is 0 Å². The molecular formula is C13H14N2O. The van der Waals surface area contributed by atoms with E-state index in [0.717, 1.165) is 17.0 Å². The molecule has 0 amide bonds. The first-order chi connectivity index (χ1) is 7.77. The summed E-state index contributed by atoms with van der Waals surface area (Å²) in [6.07, 6.45) is 3.30. The van der Waals surface area contributed by atoms with Gasteiger partial charge >= 0.3 is 0 Å². The Morgan fingerprint density at radius 2 is 1.81 bits per heavy atom. The first kappa shape index (κ1) is 10.8. The van der Waals surface area contributed by atoms with E-state index in [-0.39, 0.29) is 0 Å². The van der Waals surface area contributed by atoms with E-state index < -0.39 is 6.10 Å². The lowest BCUT2D eigenvalue weighted by atomic mass is 10.0. The van der Waals surface area contributed by atoms with Crippen LogP contribution < -0.4 is 0 Å². The van der Waals surface area contributed by atoms with Crippen LogP contribution in [0.5, 0.6) is 0 Å². The molecule has 0 fully saturated rings. The number of aliphatic hydroxyl groups is 1. The molecule has 1 heterocycles. The topological polar surface area (TPSA) is 46.0 Å². The van der Waals surface area contributed by atoms with Crippen LogP contribution in [0.1, 0.15) is 23.1 Å². The van der Waals surface area contributed by atoms with Gasteiger partial charge in [-0.2, -0.15) is 0 Å². The van der Waals surface area contributed by atoms with Crippen LogP contribution in [0.15, 0.2) is 42.7 Å². The van der Waals surface area contributed by atoms with Gasteiger partial charge in [-0.3, -0.25) is 9.97 Å².